The number of aromatic nitrogens is 2. The van der Waals surface area contributed by atoms with Crippen molar-refractivity contribution in [2.45, 2.75) is 6.42 Å². The van der Waals surface area contributed by atoms with E-state index in [2.05, 4.69) is 34.9 Å². The van der Waals surface area contributed by atoms with Gasteiger partial charge in [0.1, 0.15) is 17.2 Å². The highest BCUT2D eigenvalue weighted by Gasteiger charge is 2.17. The highest BCUT2D eigenvalue weighted by molar-refractivity contribution is 5.95. The van der Waals surface area contributed by atoms with Crippen LogP contribution in [0, 0.1) is 5.82 Å². The summed E-state index contributed by atoms with van der Waals surface area (Å²) in [6.07, 6.45) is 2.71. The molecule has 0 aliphatic heterocycles. The first-order chi connectivity index (χ1) is 14.2. The summed E-state index contributed by atoms with van der Waals surface area (Å²) in [5.74, 6) is 0.586. The Bertz CT molecular complexity index is 1320. The number of para-hydroxylation sites is 1. The van der Waals surface area contributed by atoms with Gasteiger partial charge in [-0.15, -0.1) is 0 Å². The van der Waals surface area contributed by atoms with Gasteiger partial charge < -0.3 is 9.14 Å². The predicted octanol–water partition coefficient (Wildman–Crippen LogP) is 5.89. The molecule has 0 atom stereocenters. The van der Waals surface area contributed by atoms with Crippen LogP contribution in [0.15, 0.2) is 85.1 Å². The fraction of sp³-hybridized carbons (Fsp3) is 0.0800. The van der Waals surface area contributed by atoms with Crippen molar-refractivity contribution in [3.05, 3.63) is 102 Å². The number of halogens is 1. The van der Waals surface area contributed by atoms with Crippen LogP contribution < -0.4 is 4.74 Å². The van der Waals surface area contributed by atoms with Crippen LogP contribution in [0.3, 0.4) is 0 Å². The van der Waals surface area contributed by atoms with Crippen LogP contribution in [0.4, 0.5) is 4.39 Å². The fourth-order valence-corrected chi connectivity index (χ4v) is 3.85. The zero-order chi connectivity index (χ0) is 19.8. The molecule has 5 rings (SSSR count). The Labute approximate surface area is 168 Å². The van der Waals surface area contributed by atoms with Crippen molar-refractivity contribution in [3.8, 4) is 17.0 Å². The lowest BCUT2D eigenvalue weighted by atomic mass is 10.0. The van der Waals surface area contributed by atoms with Crippen molar-refractivity contribution in [2.75, 3.05) is 7.11 Å². The van der Waals surface area contributed by atoms with Crippen LogP contribution in [0.1, 0.15) is 11.3 Å². The van der Waals surface area contributed by atoms with Crippen LogP contribution in [0.5, 0.6) is 5.75 Å². The molecule has 0 spiro atoms. The van der Waals surface area contributed by atoms with Gasteiger partial charge in [0.25, 0.3) is 0 Å². The van der Waals surface area contributed by atoms with E-state index in [1.165, 1.54) is 12.1 Å². The van der Waals surface area contributed by atoms with Gasteiger partial charge in [-0.2, -0.15) is 0 Å². The molecule has 3 aromatic carbocycles. The van der Waals surface area contributed by atoms with Crippen molar-refractivity contribution in [1.29, 1.82) is 0 Å². The number of imidazole rings is 1. The standard InChI is InChI=1S/C25H19FN2O/c1-29-23-9-5-3-7-19(23)16-22-24(18-10-12-20(26)13-11-18)27-25-21-8-4-2-6-17(21)14-15-28(22)25/h2-15H,16H2,1H3. The number of rotatable bonds is 4. The third-order valence-electron chi connectivity index (χ3n) is 5.28. The minimum absolute atomic E-state index is 0.255. The highest BCUT2D eigenvalue weighted by Crippen LogP contribution is 2.31. The molecule has 0 unspecified atom stereocenters. The molecule has 3 nitrogen and oxygen atoms in total. The van der Waals surface area contributed by atoms with E-state index in [9.17, 15) is 4.39 Å². The molecule has 0 bridgehead atoms. The minimum Gasteiger partial charge on any atom is -0.496 e. The van der Waals surface area contributed by atoms with Gasteiger partial charge in [-0.05, 0) is 41.8 Å². The normalized spacial score (nSPS) is 11.2. The molecule has 2 aromatic heterocycles. The summed E-state index contributed by atoms with van der Waals surface area (Å²) >= 11 is 0. The molecule has 0 radical (unpaired) electrons. The minimum atomic E-state index is -0.255. The maximum Gasteiger partial charge on any atom is 0.145 e. The molecule has 0 saturated heterocycles. The largest absolute Gasteiger partial charge is 0.496 e. The first-order valence-electron chi connectivity index (χ1n) is 9.51. The van der Waals surface area contributed by atoms with E-state index in [1.54, 1.807) is 19.2 Å². The van der Waals surface area contributed by atoms with Crippen LogP contribution in [0.2, 0.25) is 0 Å². The maximum absolute atomic E-state index is 13.5. The first-order valence-corrected chi connectivity index (χ1v) is 9.51. The second kappa shape index (κ2) is 7.06. The zero-order valence-corrected chi connectivity index (χ0v) is 16.0. The molecular formula is C25H19FN2O. The second-order valence-electron chi connectivity index (χ2n) is 7.00. The molecule has 5 aromatic rings. The number of methoxy groups -OCH3 is 1. The van der Waals surface area contributed by atoms with Gasteiger partial charge in [-0.1, -0.05) is 42.5 Å². The molecule has 0 amide bonds. The van der Waals surface area contributed by atoms with Crippen LogP contribution in [-0.4, -0.2) is 16.5 Å². The molecule has 29 heavy (non-hydrogen) atoms. The monoisotopic (exact) mass is 382 g/mol. The van der Waals surface area contributed by atoms with Gasteiger partial charge in [0.2, 0.25) is 0 Å². The Morgan fingerprint density at radius 2 is 1.66 bits per heavy atom. The van der Waals surface area contributed by atoms with Crippen molar-refractivity contribution in [2.24, 2.45) is 0 Å². The van der Waals surface area contributed by atoms with Crippen LogP contribution >= 0.6 is 0 Å². The summed E-state index contributed by atoms with van der Waals surface area (Å²) in [6, 6.07) is 24.8. The number of pyridine rings is 1. The average molecular weight is 382 g/mol. The molecule has 142 valence electrons. The molecule has 0 aliphatic carbocycles. The second-order valence-corrected chi connectivity index (χ2v) is 7.00. The summed E-state index contributed by atoms with van der Waals surface area (Å²) in [5, 5.41) is 2.23. The SMILES string of the molecule is COc1ccccc1Cc1c(-c2ccc(F)cc2)nc2c3ccccc3ccn12. The lowest BCUT2D eigenvalue weighted by Crippen LogP contribution is -1.99. The van der Waals surface area contributed by atoms with Crippen molar-refractivity contribution >= 4 is 16.4 Å². The molecule has 4 heteroatoms. The average Bonchev–Trinajstić information content (AvgIpc) is 3.13. The summed E-state index contributed by atoms with van der Waals surface area (Å²) in [6.45, 7) is 0. The van der Waals surface area contributed by atoms with Gasteiger partial charge in [0.15, 0.2) is 0 Å². The number of hydrogen-bond donors (Lipinski definition) is 0. The van der Waals surface area contributed by atoms with Crippen molar-refractivity contribution in [3.63, 3.8) is 0 Å². The Hall–Kier alpha value is -3.66. The van der Waals surface area contributed by atoms with E-state index in [1.807, 2.05) is 30.3 Å². The molecule has 0 N–H and O–H groups in total. The Morgan fingerprint density at radius 3 is 2.48 bits per heavy atom. The van der Waals surface area contributed by atoms with E-state index < -0.39 is 0 Å². The lowest BCUT2D eigenvalue weighted by molar-refractivity contribution is 0.410. The highest BCUT2D eigenvalue weighted by atomic mass is 19.1. The molecule has 0 aliphatic rings. The van der Waals surface area contributed by atoms with E-state index in [0.717, 1.165) is 44.7 Å². The van der Waals surface area contributed by atoms with E-state index in [0.29, 0.717) is 6.42 Å². The quantitative estimate of drug-likeness (QED) is 0.387. The van der Waals surface area contributed by atoms with Gasteiger partial charge in [0, 0.05) is 29.1 Å². The van der Waals surface area contributed by atoms with Crippen molar-refractivity contribution in [1.82, 2.24) is 9.38 Å². The van der Waals surface area contributed by atoms with Gasteiger partial charge >= 0.3 is 0 Å². The maximum atomic E-state index is 13.5. The summed E-state index contributed by atoms with van der Waals surface area (Å²) in [4.78, 5) is 4.99. The van der Waals surface area contributed by atoms with E-state index in [-0.39, 0.29) is 5.82 Å². The van der Waals surface area contributed by atoms with Gasteiger partial charge in [-0.3, -0.25) is 0 Å². The topological polar surface area (TPSA) is 26.5 Å². The number of hydrogen-bond acceptors (Lipinski definition) is 2. The van der Waals surface area contributed by atoms with Gasteiger partial charge in [0.05, 0.1) is 18.5 Å². The Balaban J connectivity index is 1.78. The predicted molar refractivity (Wildman–Crippen MR) is 114 cm³/mol. The summed E-state index contributed by atoms with van der Waals surface area (Å²) in [5.41, 5.74) is 4.76. The third-order valence-corrected chi connectivity index (χ3v) is 5.28. The van der Waals surface area contributed by atoms with Crippen LogP contribution in [-0.2, 0) is 6.42 Å². The Morgan fingerprint density at radius 1 is 0.897 bits per heavy atom. The number of ether oxygens (including phenoxy) is 1. The number of benzene rings is 3. The summed E-state index contributed by atoms with van der Waals surface area (Å²) < 4.78 is 21.2. The lowest BCUT2D eigenvalue weighted by Gasteiger charge is -2.10. The number of fused-ring (bicyclic) bond motifs is 3. The van der Waals surface area contributed by atoms with Gasteiger partial charge in [-0.25, -0.2) is 9.37 Å². The molecule has 0 saturated carbocycles. The smallest absolute Gasteiger partial charge is 0.145 e. The fourth-order valence-electron chi connectivity index (χ4n) is 3.85. The van der Waals surface area contributed by atoms with E-state index in [4.69, 9.17) is 9.72 Å². The van der Waals surface area contributed by atoms with Crippen molar-refractivity contribution < 1.29 is 9.13 Å². The molecular weight excluding hydrogens is 363 g/mol. The zero-order valence-electron chi connectivity index (χ0n) is 16.0. The van der Waals surface area contributed by atoms with Crippen LogP contribution in [0.25, 0.3) is 27.7 Å². The summed E-state index contributed by atoms with van der Waals surface area (Å²) in [7, 11) is 1.68. The first kappa shape index (κ1) is 17.4. The third kappa shape index (κ3) is 3.03. The molecule has 2 heterocycles. The Kier molecular flexibility index (Phi) is 4.24. The van der Waals surface area contributed by atoms with E-state index >= 15 is 0 Å². The molecule has 0 fully saturated rings. The number of nitrogens with zero attached hydrogens (tertiary/aromatic N) is 2.